The van der Waals surface area contributed by atoms with Gasteiger partial charge in [-0.1, -0.05) is 6.92 Å². The summed E-state index contributed by atoms with van der Waals surface area (Å²) < 4.78 is 26.2. The highest BCUT2D eigenvalue weighted by molar-refractivity contribution is 7.92. The molecule has 0 aliphatic carbocycles. The number of rotatable bonds is 4. The van der Waals surface area contributed by atoms with Gasteiger partial charge in [-0.15, -0.1) is 0 Å². The molecule has 2 rings (SSSR count). The highest BCUT2D eigenvalue weighted by Crippen LogP contribution is 2.33. The molecule has 6 heteroatoms. The smallest absolute Gasteiger partial charge is 0.232 e. The van der Waals surface area contributed by atoms with Crippen LogP contribution in [0.4, 0.5) is 11.4 Å². The third kappa shape index (κ3) is 2.73. The van der Waals surface area contributed by atoms with Gasteiger partial charge in [0.1, 0.15) is 0 Å². The molecule has 0 fully saturated rings. The number of carbonyl (C=O) groups is 1. The number of aryl methyl sites for hydroxylation is 1. The van der Waals surface area contributed by atoms with E-state index >= 15 is 0 Å². The zero-order chi connectivity index (χ0) is 14.2. The molecule has 1 amide bonds. The number of nitrogens with zero attached hydrogens (tertiary/aromatic N) is 1. The Kier molecular flexibility index (Phi) is 3.54. The largest absolute Gasteiger partial charge is 0.315 e. The second-order valence-electron chi connectivity index (χ2n) is 4.85. The van der Waals surface area contributed by atoms with E-state index in [1.165, 1.54) is 0 Å². The number of likely N-dealkylation sites (N-methyl/N-ethyl adjacent to an activating group) is 1. The van der Waals surface area contributed by atoms with Crippen molar-refractivity contribution in [2.24, 2.45) is 0 Å². The summed E-state index contributed by atoms with van der Waals surface area (Å²) in [6, 6.07) is 3.61. The number of anilines is 2. The minimum Gasteiger partial charge on any atom is -0.315 e. The van der Waals surface area contributed by atoms with Gasteiger partial charge < -0.3 is 4.90 Å². The number of fused-ring (bicyclic) bond motifs is 1. The van der Waals surface area contributed by atoms with Gasteiger partial charge in [0.25, 0.3) is 0 Å². The summed E-state index contributed by atoms with van der Waals surface area (Å²) in [5.74, 6) is 0.130. The van der Waals surface area contributed by atoms with Crippen molar-refractivity contribution in [1.82, 2.24) is 0 Å². The maximum Gasteiger partial charge on any atom is 0.232 e. The molecule has 0 atom stereocenters. The molecule has 1 N–H and O–H groups in total. The molecule has 1 aromatic rings. The van der Waals surface area contributed by atoms with Gasteiger partial charge in [0.2, 0.25) is 15.9 Å². The van der Waals surface area contributed by atoms with Crippen molar-refractivity contribution >= 4 is 27.3 Å². The summed E-state index contributed by atoms with van der Waals surface area (Å²) in [5, 5.41) is 0. The van der Waals surface area contributed by atoms with E-state index in [1.807, 2.05) is 19.9 Å². The number of nitrogens with one attached hydrogen (secondary N) is 1. The van der Waals surface area contributed by atoms with Crippen molar-refractivity contribution in [1.29, 1.82) is 0 Å². The van der Waals surface area contributed by atoms with Crippen LogP contribution in [-0.4, -0.2) is 27.1 Å². The van der Waals surface area contributed by atoms with Gasteiger partial charge in [-0.3, -0.25) is 9.52 Å². The highest BCUT2D eigenvalue weighted by Gasteiger charge is 2.25. The lowest BCUT2D eigenvalue weighted by molar-refractivity contribution is -0.117. The zero-order valence-corrected chi connectivity index (χ0v) is 12.2. The monoisotopic (exact) mass is 282 g/mol. The first-order valence-electron chi connectivity index (χ1n) is 6.24. The lowest BCUT2D eigenvalue weighted by atomic mass is 10.1. The van der Waals surface area contributed by atoms with Crippen molar-refractivity contribution in [2.75, 3.05) is 22.4 Å². The number of amides is 1. The standard InChI is InChI=1S/C13H18N2O3S/c1-4-5-19(17,18)14-11-7-10-8-13(16)15(3)12(10)6-9(11)2/h6-7,14H,4-5,8H2,1-3H3. The van der Waals surface area contributed by atoms with E-state index in [4.69, 9.17) is 0 Å². The Bertz CT molecular complexity index is 623. The van der Waals surface area contributed by atoms with Crippen molar-refractivity contribution in [3.05, 3.63) is 23.3 Å². The molecule has 1 aromatic carbocycles. The predicted molar refractivity (Wildman–Crippen MR) is 76.0 cm³/mol. The summed E-state index contributed by atoms with van der Waals surface area (Å²) in [5.41, 5.74) is 3.11. The third-order valence-corrected chi connectivity index (χ3v) is 4.72. The van der Waals surface area contributed by atoms with E-state index in [-0.39, 0.29) is 11.7 Å². The molecule has 0 radical (unpaired) electrons. The Hall–Kier alpha value is -1.56. The average molecular weight is 282 g/mol. The molecule has 1 aliphatic heterocycles. The Morgan fingerprint density at radius 1 is 1.37 bits per heavy atom. The van der Waals surface area contributed by atoms with Crippen LogP contribution in [0.2, 0.25) is 0 Å². The van der Waals surface area contributed by atoms with E-state index in [9.17, 15) is 13.2 Å². The number of benzene rings is 1. The van der Waals surface area contributed by atoms with Crippen LogP contribution in [0.5, 0.6) is 0 Å². The van der Waals surface area contributed by atoms with E-state index in [1.54, 1.807) is 18.0 Å². The van der Waals surface area contributed by atoms with Crippen LogP contribution < -0.4 is 9.62 Å². The molecular weight excluding hydrogens is 264 g/mol. The SMILES string of the molecule is CCCS(=O)(=O)Nc1cc2c(cc1C)N(C)C(=O)C2. The fourth-order valence-corrected chi connectivity index (χ4v) is 3.40. The number of hydrogen-bond donors (Lipinski definition) is 1. The molecular formula is C13H18N2O3S. The second-order valence-corrected chi connectivity index (χ2v) is 6.69. The topological polar surface area (TPSA) is 66.5 Å². The minimum atomic E-state index is -3.30. The number of carbonyl (C=O) groups excluding carboxylic acids is 1. The molecule has 1 aliphatic rings. The second kappa shape index (κ2) is 4.85. The number of sulfonamides is 1. The quantitative estimate of drug-likeness (QED) is 0.913. The summed E-state index contributed by atoms with van der Waals surface area (Å²) in [6.07, 6.45) is 0.898. The van der Waals surface area contributed by atoms with E-state index in [0.717, 1.165) is 16.8 Å². The van der Waals surface area contributed by atoms with Gasteiger partial charge in [0.05, 0.1) is 17.9 Å². The molecule has 0 saturated heterocycles. The van der Waals surface area contributed by atoms with E-state index in [0.29, 0.717) is 18.5 Å². The van der Waals surface area contributed by atoms with Crippen molar-refractivity contribution in [3.63, 3.8) is 0 Å². The molecule has 1 heterocycles. The number of hydrogen-bond acceptors (Lipinski definition) is 3. The maximum atomic E-state index is 11.8. The van der Waals surface area contributed by atoms with Gasteiger partial charge >= 0.3 is 0 Å². The maximum absolute atomic E-state index is 11.8. The minimum absolute atomic E-state index is 0.0305. The van der Waals surface area contributed by atoms with Crippen molar-refractivity contribution < 1.29 is 13.2 Å². The Morgan fingerprint density at radius 3 is 2.68 bits per heavy atom. The van der Waals surface area contributed by atoms with Gasteiger partial charge in [-0.2, -0.15) is 0 Å². The first-order chi connectivity index (χ1) is 8.84. The van der Waals surface area contributed by atoms with Gasteiger partial charge in [0.15, 0.2) is 0 Å². The summed E-state index contributed by atoms with van der Waals surface area (Å²) in [4.78, 5) is 13.2. The lowest BCUT2D eigenvalue weighted by Gasteiger charge is -2.14. The summed E-state index contributed by atoms with van der Waals surface area (Å²) in [7, 11) is -1.57. The van der Waals surface area contributed by atoms with Crippen LogP contribution in [0.1, 0.15) is 24.5 Å². The Labute approximate surface area is 113 Å². The van der Waals surface area contributed by atoms with Gasteiger partial charge in [-0.25, -0.2) is 8.42 Å². The normalized spacial score (nSPS) is 14.7. The molecule has 5 nitrogen and oxygen atoms in total. The summed E-state index contributed by atoms with van der Waals surface area (Å²) >= 11 is 0. The molecule has 0 saturated carbocycles. The Morgan fingerprint density at radius 2 is 2.05 bits per heavy atom. The van der Waals surface area contributed by atoms with Gasteiger partial charge in [-0.05, 0) is 36.6 Å². The fourth-order valence-electron chi connectivity index (χ4n) is 2.20. The van der Waals surface area contributed by atoms with Crippen LogP contribution in [-0.2, 0) is 21.2 Å². The molecule has 19 heavy (non-hydrogen) atoms. The molecule has 0 spiro atoms. The molecule has 0 unspecified atom stereocenters. The van der Waals surface area contributed by atoms with E-state index in [2.05, 4.69) is 4.72 Å². The third-order valence-electron chi connectivity index (χ3n) is 3.24. The molecule has 0 aromatic heterocycles. The highest BCUT2D eigenvalue weighted by atomic mass is 32.2. The fraction of sp³-hybridized carbons (Fsp3) is 0.462. The van der Waals surface area contributed by atoms with Crippen molar-refractivity contribution in [2.45, 2.75) is 26.7 Å². The average Bonchev–Trinajstić information content (AvgIpc) is 2.56. The molecule has 104 valence electrons. The predicted octanol–water partition coefficient (Wildman–Crippen LogP) is 1.67. The van der Waals surface area contributed by atoms with Gasteiger partial charge in [0, 0.05) is 12.7 Å². The lowest BCUT2D eigenvalue weighted by Crippen LogP contribution is -2.20. The first-order valence-corrected chi connectivity index (χ1v) is 7.90. The van der Waals surface area contributed by atoms with Crippen molar-refractivity contribution in [3.8, 4) is 0 Å². The van der Waals surface area contributed by atoms with Crippen LogP contribution in [0, 0.1) is 6.92 Å². The van der Waals surface area contributed by atoms with Crippen LogP contribution in [0.25, 0.3) is 0 Å². The van der Waals surface area contributed by atoms with Crippen LogP contribution in [0.3, 0.4) is 0 Å². The van der Waals surface area contributed by atoms with Crippen LogP contribution >= 0.6 is 0 Å². The van der Waals surface area contributed by atoms with E-state index < -0.39 is 10.0 Å². The summed E-state index contributed by atoms with van der Waals surface area (Å²) in [6.45, 7) is 3.66. The molecule has 0 bridgehead atoms. The van der Waals surface area contributed by atoms with Crippen LogP contribution in [0.15, 0.2) is 12.1 Å². The Balaban J connectivity index is 2.35. The zero-order valence-electron chi connectivity index (χ0n) is 11.4. The first kappa shape index (κ1) is 13.9.